The Balaban J connectivity index is 2.12. The van der Waals surface area contributed by atoms with Crippen LogP contribution in [-0.2, 0) is 6.42 Å². The van der Waals surface area contributed by atoms with E-state index in [1.165, 1.54) is 5.56 Å². The first-order chi connectivity index (χ1) is 8.79. The third-order valence-electron chi connectivity index (χ3n) is 2.58. The molecule has 0 fully saturated rings. The fourth-order valence-electron chi connectivity index (χ4n) is 1.71. The van der Waals surface area contributed by atoms with Gasteiger partial charge in [0.05, 0.1) is 10.7 Å². The van der Waals surface area contributed by atoms with Crippen molar-refractivity contribution in [3.05, 3.63) is 53.3 Å². The van der Waals surface area contributed by atoms with E-state index in [9.17, 15) is 0 Å². The highest BCUT2D eigenvalue weighted by molar-refractivity contribution is 6.33. The zero-order valence-corrected chi connectivity index (χ0v) is 11.4. The molecule has 1 aromatic carbocycles. The highest BCUT2D eigenvalue weighted by Gasteiger charge is 2.01. The van der Waals surface area contributed by atoms with Gasteiger partial charge in [-0.05, 0) is 36.6 Å². The first kappa shape index (κ1) is 13.2. The largest absolute Gasteiger partial charge is 0.354 e. The maximum absolute atomic E-state index is 6.06. The summed E-state index contributed by atoms with van der Waals surface area (Å²) in [5.41, 5.74) is 3.15. The molecule has 0 amide bonds. The van der Waals surface area contributed by atoms with Crippen molar-refractivity contribution in [2.24, 2.45) is 0 Å². The predicted molar refractivity (Wildman–Crippen MR) is 78.0 cm³/mol. The Bertz CT molecular complexity index is 515. The van der Waals surface area contributed by atoms with Gasteiger partial charge in [0.1, 0.15) is 0 Å². The number of benzene rings is 1. The van der Waals surface area contributed by atoms with Crippen LogP contribution in [-0.4, -0.2) is 10.9 Å². The minimum atomic E-state index is 0.615. The number of hydrogen-bond donors (Lipinski definition) is 1. The van der Waals surface area contributed by atoms with Gasteiger partial charge in [0.15, 0.2) is 0 Å². The summed E-state index contributed by atoms with van der Waals surface area (Å²) in [6, 6.07) is 10.1. The van der Waals surface area contributed by atoms with E-state index in [-0.39, 0.29) is 0 Å². The van der Waals surface area contributed by atoms with Crippen molar-refractivity contribution >= 4 is 34.6 Å². The van der Waals surface area contributed by atoms with Crippen molar-refractivity contribution < 1.29 is 0 Å². The number of halogens is 2. The van der Waals surface area contributed by atoms with Crippen LogP contribution in [0.2, 0.25) is 5.02 Å². The van der Waals surface area contributed by atoms with Gasteiger partial charge in [-0.2, -0.15) is 0 Å². The molecule has 94 valence electrons. The summed E-state index contributed by atoms with van der Waals surface area (Å²) < 4.78 is 0. The van der Waals surface area contributed by atoms with Crippen molar-refractivity contribution in [1.82, 2.24) is 4.98 Å². The van der Waals surface area contributed by atoms with Gasteiger partial charge in [-0.25, -0.2) is 0 Å². The maximum atomic E-state index is 6.06. The number of hydrogen-bond acceptors (Lipinski definition) is 2. The van der Waals surface area contributed by atoms with Crippen LogP contribution in [0.4, 0.5) is 11.4 Å². The lowest BCUT2D eigenvalue weighted by Gasteiger charge is -2.09. The van der Waals surface area contributed by atoms with Gasteiger partial charge in [0.25, 0.3) is 0 Å². The minimum absolute atomic E-state index is 0.615. The van der Waals surface area contributed by atoms with Gasteiger partial charge in [-0.3, -0.25) is 4.98 Å². The molecule has 0 saturated heterocycles. The van der Waals surface area contributed by atoms with Crippen molar-refractivity contribution in [2.45, 2.75) is 12.8 Å². The molecule has 0 aliphatic rings. The van der Waals surface area contributed by atoms with Crippen LogP contribution in [0.5, 0.6) is 0 Å². The predicted octanol–water partition coefficient (Wildman–Crippen LogP) is 4.65. The van der Waals surface area contributed by atoms with Crippen molar-refractivity contribution in [3.63, 3.8) is 0 Å². The number of anilines is 2. The Hall–Kier alpha value is -1.25. The third-order valence-corrected chi connectivity index (χ3v) is 3.15. The molecule has 4 heteroatoms. The Morgan fingerprint density at radius 3 is 2.89 bits per heavy atom. The highest BCUT2D eigenvalue weighted by Crippen LogP contribution is 2.24. The molecule has 0 saturated carbocycles. The van der Waals surface area contributed by atoms with Gasteiger partial charge in [0.2, 0.25) is 0 Å². The van der Waals surface area contributed by atoms with E-state index < -0.39 is 0 Å². The Morgan fingerprint density at radius 2 is 2.11 bits per heavy atom. The molecule has 0 unspecified atom stereocenters. The van der Waals surface area contributed by atoms with Crippen LogP contribution >= 0.6 is 23.2 Å². The summed E-state index contributed by atoms with van der Waals surface area (Å²) in [7, 11) is 0. The van der Waals surface area contributed by atoms with E-state index in [4.69, 9.17) is 23.2 Å². The third kappa shape index (κ3) is 3.62. The highest BCUT2D eigenvalue weighted by atomic mass is 35.5. The first-order valence-electron chi connectivity index (χ1n) is 5.81. The molecule has 1 heterocycles. The van der Waals surface area contributed by atoms with Gasteiger partial charge in [-0.15, -0.1) is 11.6 Å². The summed E-state index contributed by atoms with van der Waals surface area (Å²) in [5.74, 6) is 0.688. The molecule has 0 radical (unpaired) electrons. The van der Waals surface area contributed by atoms with E-state index >= 15 is 0 Å². The fourth-order valence-corrected chi connectivity index (χ4v) is 2.01. The molecule has 0 aliphatic heterocycles. The van der Waals surface area contributed by atoms with E-state index in [0.29, 0.717) is 10.9 Å². The standard InChI is InChI=1S/C14H14Cl2N2/c15-7-2-4-11-3-1-5-12(9-11)18-14-6-8-17-10-13(14)16/h1,3,5-6,8-10H,2,4,7H2,(H,17,18). The molecule has 2 aromatic rings. The normalized spacial score (nSPS) is 10.3. The molecule has 2 rings (SSSR count). The van der Waals surface area contributed by atoms with Crippen LogP contribution in [0, 0.1) is 0 Å². The number of rotatable bonds is 5. The minimum Gasteiger partial charge on any atom is -0.354 e. The van der Waals surface area contributed by atoms with E-state index in [0.717, 1.165) is 24.2 Å². The van der Waals surface area contributed by atoms with Crippen molar-refractivity contribution in [3.8, 4) is 0 Å². The molecular weight excluding hydrogens is 267 g/mol. The lowest BCUT2D eigenvalue weighted by Crippen LogP contribution is -1.93. The average Bonchev–Trinajstić information content (AvgIpc) is 2.40. The molecule has 0 spiro atoms. The zero-order chi connectivity index (χ0) is 12.8. The average molecular weight is 281 g/mol. The van der Waals surface area contributed by atoms with Gasteiger partial charge in [-0.1, -0.05) is 23.7 Å². The van der Waals surface area contributed by atoms with Crippen LogP contribution in [0.15, 0.2) is 42.7 Å². The number of nitrogens with one attached hydrogen (secondary N) is 1. The molecule has 2 nitrogen and oxygen atoms in total. The lowest BCUT2D eigenvalue weighted by molar-refractivity contribution is 0.929. The summed E-state index contributed by atoms with van der Waals surface area (Å²) in [4.78, 5) is 3.96. The topological polar surface area (TPSA) is 24.9 Å². The quantitative estimate of drug-likeness (QED) is 0.807. The molecule has 18 heavy (non-hydrogen) atoms. The Morgan fingerprint density at radius 1 is 1.22 bits per heavy atom. The zero-order valence-electron chi connectivity index (χ0n) is 9.87. The van der Waals surface area contributed by atoms with E-state index in [2.05, 4.69) is 22.4 Å². The monoisotopic (exact) mass is 280 g/mol. The molecule has 0 aliphatic carbocycles. The smallest absolute Gasteiger partial charge is 0.0824 e. The number of alkyl halides is 1. The SMILES string of the molecule is ClCCCc1cccc(Nc2ccncc2Cl)c1. The fraction of sp³-hybridized carbons (Fsp3) is 0.214. The second kappa shape index (κ2) is 6.62. The number of aromatic nitrogens is 1. The number of pyridine rings is 1. The second-order valence-corrected chi connectivity index (χ2v) is 4.76. The summed E-state index contributed by atoms with van der Waals surface area (Å²) in [5, 5.41) is 3.90. The lowest BCUT2D eigenvalue weighted by atomic mass is 10.1. The van der Waals surface area contributed by atoms with E-state index in [1.807, 2.05) is 18.2 Å². The summed E-state index contributed by atoms with van der Waals surface area (Å²) in [6.07, 6.45) is 5.32. The second-order valence-electron chi connectivity index (χ2n) is 3.97. The Kier molecular flexibility index (Phi) is 4.85. The molecule has 1 aromatic heterocycles. The van der Waals surface area contributed by atoms with Crippen LogP contribution in [0.25, 0.3) is 0 Å². The van der Waals surface area contributed by atoms with Gasteiger partial charge < -0.3 is 5.32 Å². The van der Waals surface area contributed by atoms with Crippen LogP contribution < -0.4 is 5.32 Å². The Labute approximate surface area is 117 Å². The number of nitrogens with zero attached hydrogens (tertiary/aromatic N) is 1. The van der Waals surface area contributed by atoms with Gasteiger partial charge >= 0.3 is 0 Å². The summed E-state index contributed by atoms with van der Waals surface area (Å²) >= 11 is 11.8. The molecule has 1 N–H and O–H groups in total. The van der Waals surface area contributed by atoms with Crippen LogP contribution in [0.1, 0.15) is 12.0 Å². The number of aryl methyl sites for hydroxylation is 1. The summed E-state index contributed by atoms with van der Waals surface area (Å²) in [6.45, 7) is 0. The molecule has 0 atom stereocenters. The van der Waals surface area contributed by atoms with Gasteiger partial charge in [0, 0.05) is 24.0 Å². The maximum Gasteiger partial charge on any atom is 0.0824 e. The van der Waals surface area contributed by atoms with Crippen LogP contribution in [0.3, 0.4) is 0 Å². The van der Waals surface area contributed by atoms with Crippen molar-refractivity contribution in [2.75, 3.05) is 11.2 Å². The van der Waals surface area contributed by atoms with Crippen molar-refractivity contribution in [1.29, 1.82) is 0 Å². The molecular formula is C14H14Cl2N2. The molecule has 0 bridgehead atoms. The first-order valence-corrected chi connectivity index (χ1v) is 6.72. The van der Waals surface area contributed by atoms with E-state index in [1.54, 1.807) is 12.4 Å².